The van der Waals surface area contributed by atoms with Gasteiger partial charge in [-0.15, -0.1) is 11.8 Å². The van der Waals surface area contributed by atoms with Gasteiger partial charge >= 0.3 is 0 Å². The number of thioether (sulfide) groups is 1. The highest BCUT2D eigenvalue weighted by Gasteiger charge is 2.04. The summed E-state index contributed by atoms with van der Waals surface area (Å²) in [6, 6.07) is 15.1. The van der Waals surface area contributed by atoms with Gasteiger partial charge in [-0.05, 0) is 54.5 Å². The van der Waals surface area contributed by atoms with Gasteiger partial charge in [-0.3, -0.25) is 0 Å². The van der Waals surface area contributed by atoms with Crippen LogP contribution in [0.15, 0.2) is 60.1 Å². The zero-order valence-electron chi connectivity index (χ0n) is 12.9. The summed E-state index contributed by atoms with van der Waals surface area (Å²) < 4.78 is 0. The minimum absolute atomic E-state index is 0.952. The summed E-state index contributed by atoms with van der Waals surface area (Å²) in [6.07, 6.45) is 4.79. The molecule has 0 saturated heterocycles. The van der Waals surface area contributed by atoms with Gasteiger partial charge in [0.1, 0.15) is 0 Å². The maximum absolute atomic E-state index is 4.68. The van der Waals surface area contributed by atoms with Gasteiger partial charge in [-0.2, -0.15) is 0 Å². The molecule has 0 radical (unpaired) electrons. The van der Waals surface area contributed by atoms with Crippen molar-refractivity contribution < 1.29 is 0 Å². The van der Waals surface area contributed by atoms with Crippen molar-refractivity contribution in [2.24, 2.45) is 4.99 Å². The van der Waals surface area contributed by atoms with Crippen LogP contribution in [0.1, 0.15) is 18.1 Å². The van der Waals surface area contributed by atoms with Crippen LogP contribution in [-0.4, -0.2) is 11.3 Å². The highest BCUT2D eigenvalue weighted by atomic mass is 32.2. The molecule has 2 heteroatoms. The molecule has 0 aliphatic heterocycles. The fourth-order valence-corrected chi connectivity index (χ4v) is 2.55. The Morgan fingerprint density at radius 3 is 2.38 bits per heavy atom. The Morgan fingerprint density at radius 1 is 1.14 bits per heavy atom. The molecule has 0 aliphatic carbocycles. The second-order valence-corrected chi connectivity index (χ2v) is 5.75. The summed E-state index contributed by atoms with van der Waals surface area (Å²) in [5, 5.41) is 0.952. The number of nitrogens with zero attached hydrogens (tertiary/aromatic N) is 1. The molecule has 2 rings (SSSR count). The molecule has 1 nitrogen and oxygen atoms in total. The zero-order chi connectivity index (χ0) is 15.2. The predicted octanol–water partition coefficient (Wildman–Crippen LogP) is 5.80. The molecule has 0 unspecified atom stereocenters. The van der Waals surface area contributed by atoms with E-state index in [9.17, 15) is 0 Å². The summed E-state index contributed by atoms with van der Waals surface area (Å²) in [4.78, 5) is 4.68. The van der Waals surface area contributed by atoms with E-state index in [1.807, 2.05) is 6.26 Å². The summed E-state index contributed by atoms with van der Waals surface area (Å²) >= 11 is 1.62. The van der Waals surface area contributed by atoms with E-state index in [0.29, 0.717) is 0 Å². The molecule has 0 aliphatic rings. The molecule has 0 fully saturated rings. The van der Waals surface area contributed by atoms with Crippen molar-refractivity contribution in [3.05, 3.63) is 66.2 Å². The Labute approximate surface area is 131 Å². The second-order valence-electron chi connectivity index (χ2n) is 4.92. The van der Waals surface area contributed by atoms with Crippen molar-refractivity contribution in [1.82, 2.24) is 0 Å². The fraction of sp³-hybridized carbons (Fsp3) is 0.211. The van der Waals surface area contributed by atoms with Crippen LogP contribution >= 0.6 is 11.8 Å². The van der Waals surface area contributed by atoms with Gasteiger partial charge in [-0.1, -0.05) is 49.4 Å². The third-order valence-electron chi connectivity index (χ3n) is 3.46. The molecule has 0 atom stereocenters. The Bertz CT molecular complexity index is 654. The van der Waals surface area contributed by atoms with Crippen LogP contribution in [0.3, 0.4) is 0 Å². The Hall–Kier alpha value is -1.80. The molecular weight excluding hydrogens is 274 g/mol. The lowest BCUT2D eigenvalue weighted by Gasteiger charge is -2.09. The number of hydrogen-bond donors (Lipinski definition) is 0. The average Bonchev–Trinajstić information content (AvgIpc) is 2.53. The first-order chi connectivity index (χ1) is 10.2. The second kappa shape index (κ2) is 7.28. The Balaban J connectivity index is 2.42. The van der Waals surface area contributed by atoms with Gasteiger partial charge in [-0.25, -0.2) is 4.99 Å². The summed E-state index contributed by atoms with van der Waals surface area (Å²) in [7, 11) is 0. The van der Waals surface area contributed by atoms with E-state index < -0.39 is 0 Å². The summed E-state index contributed by atoms with van der Waals surface area (Å²) in [5.74, 6) is 0. The Kier molecular flexibility index (Phi) is 5.40. The number of benzene rings is 2. The van der Waals surface area contributed by atoms with Crippen molar-refractivity contribution in [3.8, 4) is 11.1 Å². The van der Waals surface area contributed by atoms with Gasteiger partial charge in [0.25, 0.3) is 0 Å². The first-order valence-corrected chi connectivity index (χ1v) is 8.35. The van der Waals surface area contributed by atoms with Crippen LogP contribution in [0.5, 0.6) is 0 Å². The maximum atomic E-state index is 4.68. The molecular formula is C19H21NS. The normalized spacial score (nSPS) is 11.5. The predicted molar refractivity (Wildman–Crippen MR) is 96.8 cm³/mol. The van der Waals surface area contributed by atoms with E-state index in [0.717, 1.165) is 17.2 Å². The standard InChI is InChI=1S/C19H21NS/c1-5-15-13-17(16-9-7-14(3)8-10-16)11-12-18(15)20-19(6-2)21-4/h6-13H,2,5H2,1,3-4H3. The molecule has 0 N–H and O–H groups in total. The van der Waals surface area contributed by atoms with Crippen LogP contribution in [0.4, 0.5) is 5.69 Å². The van der Waals surface area contributed by atoms with Crippen molar-refractivity contribution in [1.29, 1.82) is 0 Å². The van der Waals surface area contributed by atoms with E-state index in [1.54, 1.807) is 17.8 Å². The average molecular weight is 295 g/mol. The number of hydrogen-bond acceptors (Lipinski definition) is 2. The van der Waals surface area contributed by atoms with Crippen LogP contribution in [0.2, 0.25) is 0 Å². The molecule has 0 spiro atoms. The maximum Gasteiger partial charge on any atom is 0.0958 e. The SMILES string of the molecule is C=CC(=Nc1ccc(-c2ccc(C)cc2)cc1CC)SC. The number of aliphatic imine (C=N–C) groups is 1. The molecule has 0 saturated carbocycles. The van der Waals surface area contributed by atoms with E-state index >= 15 is 0 Å². The van der Waals surface area contributed by atoms with Crippen LogP contribution in [0, 0.1) is 6.92 Å². The third-order valence-corrected chi connectivity index (χ3v) is 4.14. The largest absolute Gasteiger partial charge is 0.242 e. The van der Waals surface area contributed by atoms with Gasteiger partial charge in [0.2, 0.25) is 0 Å². The van der Waals surface area contributed by atoms with Crippen LogP contribution in [-0.2, 0) is 6.42 Å². The molecule has 2 aromatic rings. The molecule has 0 heterocycles. The highest BCUT2D eigenvalue weighted by molar-refractivity contribution is 8.13. The Morgan fingerprint density at radius 2 is 1.81 bits per heavy atom. The minimum Gasteiger partial charge on any atom is -0.242 e. The lowest BCUT2D eigenvalue weighted by Crippen LogP contribution is -1.88. The first-order valence-electron chi connectivity index (χ1n) is 7.13. The molecule has 2 aromatic carbocycles. The monoisotopic (exact) mass is 295 g/mol. The van der Waals surface area contributed by atoms with Crippen molar-refractivity contribution in [3.63, 3.8) is 0 Å². The van der Waals surface area contributed by atoms with E-state index in [4.69, 9.17) is 0 Å². The van der Waals surface area contributed by atoms with Crippen molar-refractivity contribution in [2.45, 2.75) is 20.3 Å². The third kappa shape index (κ3) is 3.85. The van der Waals surface area contributed by atoms with Crippen molar-refractivity contribution >= 4 is 22.5 Å². The molecule has 0 amide bonds. The van der Waals surface area contributed by atoms with Crippen LogP contribution < -0.4 is 0 Å². The van der Waals surface area contributed by atoms with Crippen molar-refractivity contribution in [2.75, 3.05) is 6.26 Å². The van der Waals surface area contributed by atoms with Gasteiger partial charge in [0.15, 0.2) is 0 Å². The quantitative estimate of drug-likeness (QED) is 0.512. The lowest BCUT2D eigenvalue weighted by atomic mass is 10.00. The topological polar surface area (TPSA) is 12.4 Å². The van der Waals surface area contributed by atoms with E-state index in [1.165, 1.54) is 22.3 Å². The summed E-state index contributed by atoms with van der Waals surface area (Å²) in [6.45, 7) is 8.08. The molecule has 0 bridgehead atoms. The van der Waals surface area contributed by atoms with E-state index in [-0.39, 0.29) is 0 Å². The number of aryl methyl sites for hydroxylation is 2. The van der Waals surface area contributed by atoms with Gasteiger partial charge < -0.3 is 0 Å². The van der Waals surface area contributed by atoms with Crippen LogP contribution in [0.25, 0.3) is 11.1 Å². The van der Waals surface area contributed by atoms with Gasteiger partial charge in [0.05, 0.1) is 10.7 Å². The smallest absolute Gasteiger partial charge is 0.0958 e. The number of rotatable bonds is 4. The van der Waals surface area contributed by atoms with E-state index in [2.05, 4.69) is 67.9 Å². The minimum atomic E-state index is 0.952. The molecule has 0 aromatic heterocycles. The van der Waals surface area contributed by atoms with Gasteiger partial charge in [0, 0.05) is 0 Å². The highest BCUT2D eigenvalue weighted by Crippen LogP contribution is 2.28. The fourth-order valence-electron chi connectivity index (χ4n) is 2.20. The molecule has 21 heavy (non-hydrogen) atoms. The molecule has 108 valence electrons. The lowest BCUT2D eigenvalue weighted by molar-refractivity contribution is 1.13. The summed E-state index contributed by atoms with van der Waals surface area (Å²) in [5.41, 5.74) is 6.08. The zero-order valence-corrected chi connectivity index (χ0v) is 13.7. The first kappa shape index (κ1) is 15.6.